The van der Waals surface area contributed by atoms with Gasteiger partial charge in [0.05, 0.1) is 5.70 Å². The number of Topliss-reactive ketones (excluding diaryl/α,β-unsaturated/α-hetero) is 1. The van der Waals surface area contributed by atoms with Gasteiger partial charge in [-0.25, -0.2) is 0 Å². The maximum Gasteiger partial charge on any atom is 0.226 e. The van der Waals surface area contributed by atoms with E-state index < -0.39 is 0 Å². The Morgan fingerprint density at radius 2 is 2.00 bits per heavy atom. The van der Waals surface area contributed by atoms with Crippen molar-refractivity contribution in [3.63, 3.8) is 0 Å². The fraction of sp³-hybridized carbons (Fsp3) is 0.385. The molecule has 0 unspecified atom stereocenters. The third kappa shape index (κ3) is 2.30. The summed E-state index contributed by atoms with van der Waals surface area (Å²) >= 11 is 0. The molecule has 0 aliphatic carbocycles. The van der Waals surface area contributed by atoms with Crippen LogP contribution >= 0.6 is 0 Å². The van der Waals surface area contributed by atoms with E-state index >= 15 is 0 Å². The van der Waals surface area contributed by atoms with Gasteiger partial charge in [-0.05, 0) is 31.4 Å². The molecule has 1 aliphatic heterocycles. The van der Waals surface area contributed by atoms with Crippen LogP contribution in [0.4, 0.5) is 0 Å². The van der Waals surface area contributed by atoms with Crippen LogP contribution in [0, 0.1) is 0 Å². The number of allylic oxidation sites excluding steroid dienone is 1. The third-order valence-electron chi connectivity index (χ3n) is 2.90. The smallest absolute Gasteiger partial charge is 0.226 e. The first kappa shape index (κ1) is 10.9. The maximum atomic E-state index is 12.0. The van der Waals surface area contributed by atoms with E-state index in [-0.39, 0.29) is 5.78 Å². The lowest BCUT2D eigenvalue weighted by Crippen LogP contribution is -2.32. The first-order chi connectivity index (χ1) is 7.79. The van der Waals surface area contributed by atoms with Crippen molar-refractivity contribution in [2.75, 3.05) is 13.1 Å². The Kier molecular flexibility index (Phi) is 3.34. The Labute approximate surface area is 95.8 Å². The van der Waals surface area contributed by atoms with Gasteiger partial charge >= 0.3 is 0 Å². The van der Waals surface area contributed by atoms with Gasteiger partial charge in [0.15, 0.2) is 0 Å². The number of hydrogen-bond acceptors (Lipinski definition) is 3. The topological polar surface area (TPSA) is 33.2 Å². The van der Waals surface area contributed by atoms with Crippen molar-refractivity contribution < 1.29 is 4.79 Å². The molecule has 0 aromatic carbocycles. The van der Waals surface area contributed by atoms with Crippen molar-refractivity contribution in [1.29, 1.82) is 0 Å². The van der Waals surface area contributed by atoms with Crippen molar-refractivity contribution in [3.05, 3.63) is 42.4 Å². The number of ketones is 1. The lowest BCUT2D eigenvalue weighted by molar-refractivity contribution is 0.0979. The highest BCUT2D eigenvalue weighted by Gasteiger charge is 2.19. The van der Waals surface area contributed by atoms with E-state index in [9.17, 15) is 4.79 Å². The lowest BCUT2D eigenvalue weighted by Gasteiger charge is -2.29. The molecular formula is C13H16N2O. The summed E-state index contributed by atoms with van der Waals surface area (Å²) in [4.78, 5) is 18.2. The van der Waals surface area contributed by atoms with Crippen molar-refractivity contribution in [3.8, 4) is 0 Å². The summed E-state index contributed by atoms with van der Waals surface area (Å²) in [6, 6.07) is 5.36. The van der Waals surface area contributed by atoms with Crippen molar-refractivity contribution >= 4 is 5.78 Å². The molecule has 1 aromatic heterocycles. The third-order valence-corrected chi connectivity index (χ3v) is 2.90. The van der Waals surface area contributed by atoms with Gasteiger partial charge in [-0.1, -0.05) is 12.6 Å². The molecule has 3 heteroatoms. The summed E-state index contributed by atoms with van der Waals surface area (Å²) in [6.45, 7) is 5.77. The minimum absolute atomic E-state index is 0.0532. The molecule has 16 heavy (non-hydrogen) atoms. The number of pyridine rings is 1. The molecule has 0 amide bonds. The number of aromatic nitrogens is 1. The largest absolute Gasteiger partial charge is 0.369 e. The van der Waals surface area contributed by atoms with Gasteiger partial charge in [-0.15, -0.1) is 0 Å². The summed E-state index contributed by atoms with van der Waals surface area (Å²) in [5.74, 6) is -0.0532. The minimum Gasteiger partial charge on any atom is -0.369 e. The van der Waals surface area contributed by atoms with Crippen LogP contribution in [0.1, 0.15) is 29.8 Å². The molecule has 2 rings (SSSR count). The van der Waals surface area contributed by atoms with Crippen LogP contribution < -0.4 is 0 Å². The Morgan fingerprint density at radius 3 is 2.62 bits per heavy atom. The van der Waals surface area contributed by atoms with Crippen LogP contribution in [0.15, 0.2) is 36.7 Å². The van der Waals surface area contributed by atoms with E-state index in [2.05, 4.69) is 16.5 Å². The summed E-state index contributed by atoms with van der Waals surface area (Å²) < 4.78 is 0. The molecule has 0 atom stereocenters. The number of piperidine rings is 1. The molecular weight excluding hydrogens is 200 g/mol. The number of rotatable bonds is 3. The van der Waals surface area contributed by atoms with Gasteiger partial charge in [-0.2, -0.15) is 0 Å². The fourth-order valence-electron chi connectivity index (χ4n) is 1.95. The molecule has 3 nitrogen and oxygen atoms in total. The van der Waals surface area contributed by atoms with Crippen LogP contribution in [0.5, 0.6) is 0 Å². The van der Waals surface area contributed by atoms with Gasteiger partial charge in [-0.3, -0.25) is 9.78 Å². The minimum atomic E-state index is -0.0532. The molecule has 2 heterocycles. The predicted octanol–water partition coefficient (Wildman–Crippen LogP) is 2.26. The Morgan fingerprint density at radius 1 is 1.25 bits per heavy atom. The van der Waals surface area contributed by atoms with E-state index in [1.165, 1.54) is 6.42 Å². The van der Waals surface area contributed by atoms with E-state index in [0.29, 0.717) is 11.4 Å². The van der Waals surface area contributed by atoms with Gasteiger partial charge in [0.1, 0.15) is 5.69 Å². The van der Waals surface area contributed by atoms with E-state index in [1.54, 1.807) is 18.3 Å². The molecule has 1 fully saturated rings. The molecule has 0 spiro atoms. The highest BCUT2D eigenvalue weighted by Crippen LogP contribution is 2.16. The first-order valence-electron chi connectivity index (χ1n) is 5.68. The SMILES string of the molecule is C=C(C(=O)c1ccccn1)N1CCCCC1. The standard InChI is InChI=1S/C13H16N2O/c1-11(15-9-5-2-6-10-15)13(16)12-7-3-4-8-14-12/h3-4,7-8H,1-2,5-6,9-10H2. The van der Waals surface area contributed by atoms with Crippen LogP contribution in [0.25, 0.3) is 0 Å². The Bertz CT molecular complexity index is 380. The van der Waals surface area contributed by atoms with E-state index in [0.717, 1.165) is 25.9 Å². The normalized spacial score (nSPS) is 15.9. The van der Waals surface area contributed by atoms with Crippen LogP contribution in [-0.2, 0) is 0 Å². The van der Waals surface area contributed by atoms with Crippen LogP contribution in [0.2, 0.25) is 0 Å². The lowest BCUT2D eigenvalue weighted by atomic mass is 10.1. The van der Waals surface area contributed by atoms with Gasteiger partial charge in [0.25, 0.3) is 0 Å². The number of nitrogens with zero attached hydrogens (tertiary/aromatic N) is 2. The number of likely N-dealkylation sites (tertiary alicyclic amines) is 1. The monoisotopic (exact) mass is 216 g/mol. The average molecular weight is 216 g/mol. The fourth-order valence-corrected chi connectivity index (χ4v) is 1.95. The molecule has 0 N–H and O–H groups in total. The second-order valence-corrected chi connectivity index (χ2v) is 4.04. The van der Waals surface area contributed by atoms with Crippen LogP contribution in [0.3, 0.4) is 0 Å². The summed E-state index contributed by atoms with van der Waals surface area (Å²) in [6.07, 6.45) is 5.18. The maximum absolute atomic E-state index is 12.0. The average Bonchev–Trinajstić information content (AvgIpc) is 2.39. The van der Waals surface area contributed by atoms with Gasteiger partial charge in [0.2, 0.25) is 5.78 Å². The number of carbonyl (C=O) groups excluding carboxylic acids is 1. The second kappa shape index (κ2) is 4.92. The van der Waals surface area contributed by atoms with Crippen molar-refractivity contribution in [2.24, 2.45) is 0 Å². The zero-order chi connectivity index (χ0) is 11.4. The molecule has 0 saturated carbocycles. The van der Waals surface area contributed by atoms with Crippen molar-refractivity contribution in [2.45, 2.75) is 19.3 Å². The zero-order valence-electron chi connectivity index (χ0n) is 9.35. The Hall–Kier alpha value is -1.64. The highest BCUT2D eigenvalue weighted by atomic mass is 16.1. The number of carbonyl (C=O) groups is 1. The zero-order valence-corrected chi connectivity index (χ0v) is 9.35. The number of hydrogen-bond donors (Lipinski definition) is 0. The summed E-state index contributed by atoms with van der Waals surface area (Å²) in [5, 5.41) is 0. The Balaban J connectivity index is 2.07. The van der Waals surface area contributed by atoms with E-state index in [4.69, 9.17) is 0 Å². The van der Waals surface area contributed by atoms with Gasteiger partial charge in [0, 0.05) is 19.3 Å². The summed E-state index contributed by atoms with van der Waals surface area (Å²) in [5.41, 5.74) is 1.07. The molecule has 84 valence electrons. The molecule has 1 aromatic rings. The summed E-state index contributed by atoms with van der Waals surface area (Å²) in [7, 11) is 0. The highest BCUT2D eigenvalue weighted by molar-refractivity contribution is 6.06. The molecule has 1 saturated heterocycles. The van der Waals surface area contributed by atoms with Crippen molar-refractivity contribution in [1.82, 2.24) is 9.88 Å². The first-order valence-corrected chi connectivity index (χ1v) is 5.68. The second-order valence-electron chi connectivity index (χ2n) is 4.04. The molecule has 0 radical (unpaired) electrons. The van der Waals surface area contributed by atoms with Crippen LogP contribution in [-0.4, -0.2) is 28.8 Å². The molecule has 0 bridgehead atoms. The van der Waals surface area contributed by atoms with E-state index in [1.807, 2.05) is 6.07 Å². The predicted molar refractivity (Wildman–Crippen MR) is 63.1 cm³/mol. The molecule has 1 aliphatic rings. The van der Waals surface area contributed by atoms with Gasteiger partial charge < -0.3 is 4.90 Å². The quantitative estimate of drug-likeness (QED) is 0.574.